The lowest BCUT2D eigenvalue weighted by molar-refractivity contribution is 0.463. The summed E-state index contributed by atoms with van der Waals surface area (Å²) in [7, 11) is -1.24. The van der Waals surface area contributed by atoms with Crippen LogP contribution in [0.15, 0.2) is 36.4 Å². The van der Waals surface area contributed by atoms with Gasteiger partial charge >= 0.3 is 14.0 Å². The number of benzene rings is 2. The molecule has 4 rings (SSSR count). The molecule has 4 nitrogen and oxygen atoms in total. The molecule has 0 saturated heterocycles. The summed E-state index contributed by atoms with van der Waals surface area (Å²) in [6.07, 6.45) is 0. The Morgan fingerprint density at radius 2 is 0.885 bits per heavy atom. The zero-order valence-electron chi connectivity index (χ0n) is 16.3. The van der Waals surface area contributed by atoms with Crippen LogP contribution in [-0.4, -0.2) is 14.0 Å². The van der Waals surface area contributed by atoms with Crippen LogP contribution >= 0.6 is 0 Å². The Morgan fingerprint density at radius 3 is 1.23 bits per heavy atom. The van der Waals surface area contributed by atoms with Gasteiger partial charge in [0.15, 0.2) is 0 Å². The van der Waals surface area contributed by atoms with E-state index in [1.807, 2.05) is 24.3 Å². The summed E-state index contributed by atoms with van der Waals surface area (Å²) in [5.41, 5.74) is 2.51. The van der Waals surface area contributed by atoms with E-state index in [1.165, 1.54) is 11.1 Å². The third-order valence-corrected chi connectivity index (χ3v) is 4.81. The van der Waals surface area contributed by atoms with Crippen LogP contribution in [0.1, 0.15) is 52.7 Å². The molecule has 2 aliphatic heterocycles. The van der Waals surface area contributed by atoms with Gasteiger partial charge in [0, 0.05) is 0 Å². The van der Waals surface area contributed by atoms with Gasteiger partial charge in [-0.05, 0) is 46.2 Å². The predicted molar refractivity (Wildman–Crippen MR) is 104 cm³/mol. The van der Waals surface area contributed by atoms with Crippen LogP contribution in [0.4, 0.5) is 0 Å². The standard InChI is InChI=1S/C20H24B2O4/c1-19(2,3)13-7-9-15-17(11-13)25-21(23-15)22-24-16-10-8-14(20(4,5)6)12-18(16)26-22/h7-12H,1-6H3. The molecular weight excluding hydrogens is 326 g/mol. The van der Waals surface area contributed by atoms with Gasteiger partial charge in [0.2, 0.25) is 0 Å². The fraction of sp³-hybridized carbons (Fsp3) is 0.400. The smallest absolute Gasteiger partial charge is 0.524 e. The normalized spacial score (nSPS) is 15.6. The van der Waals surface area contributed by atoms with E-state index in [9.17, 15) is 0 Å². The van der Waals surface area contributed by atoms with Crippen molar-refractivity contribution in [2.45, 2.75) is 52.4 Å². The maximum Gasteiger partial charge on any atom is 0.658 e. The van der Waals surface area contributed by atoms with E-state index in [0.29, 0.717) is 0 Å². The highest BCUT2D eigenvalue weighted by Crippen LogP contribution is 2.41. The van der Waals surface area contributed by atoms with Gasteiger partial charge in [-0.1, -0.05) is 53.7 Å². The Kier molecular flexibility index (Phi) is 3.73. The fourth-order valence-corrected chi connectivity index (χ4v) is 3.10. The van der Waals surface area contributed by atoms with Gasteiger partial charge in [-0.3, -0.25) is 0 Å². The van der Waals surface area contributed by atoms with E-state index >= 15 is 0 Å². The molecule has 0 bridgehead atoms. The monoisotopic (exact) mass is 350 g/mol. The van der Waals surface area contributed by atoms with E-state index < -0.39 is 14.0 Å². The van der Waals surface area contributed by atoms with Crippen LogP contribution < -0.4 is 18.6 Å². The summed E-state index contributed by atoms with van der Waals surface area (Å²) in [6.45, 7) is 13.1. The zero-order chi connectivity index (χ0) is 18.7. The molecule has 0 aliphatic carbocycles. The highest BCUT2D eigenvalue weighted by molar-refractivity contribution is 7.12. The molecule has 0 unspecified atom stereocenters. The van der Waals surface area contributed by atoms with Gasteiger partial charge in [-0.2, -0.15) is 0 Å². The minimum Gasteiger partial charge on any atom is -0.524 e. The third-order valence-electron chi connectivity index (χ3n) is 4.81. The summed E-state index contributed by atoms with van der Waals surface area (Å²) < 4.78 is 23.8. The molecule has 134 valence electrons. The van der Waals surface area contributed by atoms with Gasteiger partial charge in [0.05, 0.1) is 0 Å². The highest BCUT2D eigenvalue weighted by atomic mass is 16.7. The second-order valence-electron chi connectivity index (χ2n) is 9.03. The maximum atomic E-state index is 5.98. The molecule has 0 atom stereocenters. The highest BCUT2D eigenvalue weighted by Gasteiger charge is 2.55. The minimum absolute atomic E-state index is 0.0520. The average molecular weight is 350 g/mol. The topological polar surface area (TPSA) is 36.9 Å². The van der Waals surface area contributed by atoms with Crippen LogP contribution in [0, 0.1) is 0 Å². The molecule has 2 aromatic rings. The number of hydrogen-bond donors (Lipinski definition) is 0. The van der Waals surface area contributed by atoms with Crippen molar-refractivity contribution in [2.75, 3.05) is 0 Å². The van der Waals surface area contributed by atoms with E-state index in [2.05, 4.69) is 53.7 Å². The first-order chi connectivity index (χ1) is 12.1. The molecule has 2 aliphatic rings. The summed E-state index contributed by atoms with van der Waals surface area (Å²) in [5.74, 6) is 2.92. The molecule has 6 heteroatoms. The minimum atomic E-state index is -0.620. The molecule has 2 aromatic carbocycles. The largest absolute Gasteiger partial charge is 0.658 e. The predicted octanol–water partition coefficient (Wildman–Crippen LogP) is 4.58. The van der Waals surface area contributed by atoms with Crippen molar-refractivity contribution in [2.24, 2.45) is 0 Å². The lowest BCUT2D eigenvalue weighted by atomic mass is 9.49. The maximum absolute atomic E-state index is 5.98. The Balaban J connectivity index is 1.52. The van der Waals surface area contributed by atoms with Crippen LogP contribution in [0.25, 0.3) is 0 Å². The molecule has 0 amide bonds. The van der Waals surface area contributed by atoms with E-state index in [4.69, 9.17) is 18.6 Å². The summed E-state index contributed by atoms with van der Waals surface area (Å²) >= 11 is 0. The lowest BCUT2D eigenvalue weighted by Gasteiger charge is -2.19. The van der Waals surface area contributed by atoms with E-state index in [-0.39, 0.29) is 10.8 Å². The molecule has 0 spiro atoms. The Labute approximate surface area is 156 Å². The summed E-state index contributed by atoms with van der Waals surface area (Å²) in [6, 6.07) is 12.1. The zero-order valence-corrected chi connectivity index (χ0v) is 16.3. The van der Waals surface area contributed by atoms with Gasteiger partial charge in [0.25, 0.3) is 0 Å². The Hall–Kier alpha value is -2.23. The second-order valence-corrected chi connectivity index (χ2v) is 9.03. The van der Waals surface area contributed by atoms with Gasteiger partial charge in [0.1, 0.15) is 23.0 Å². The molecule has 0 fully saturated rings. The first-order valence-corrected chi connectivity index (χ1v) is 9.07. The quantitative estimate of drug-likeness (QED) is 0.706. The Bertz CT molecular complexity index is 780. The Morgan fingerprint density at radius 1 is 0.538 bits per heavy atom. The SMILES string of the molecule is CC(C)(C)c1ccc2c(c1)OB(B1Oc3ccc(C(C)(C)C)cc3O1)O2. The van der Waals surface area contributed by atoms with Crippen LogP contribution in [0.5, 0.6) is 23.0 Å². The van der Waals surface area contributed by atoms with Gasteiger partial charge in [-0.15, -0.1) is 0 Å². The average Bonchev–Trinajstić information content (AvgIpc) is 3.15. The van der Waals surface area contributed by atoms with Crippen LogP contribution in [0.3, 0.4) is 0 Å². The first-order valence-electron chi connectivity index (χ1n) is 9.07. The molecule has 2 heterocycles. The number of rotatable bonds is 1. The first kappa shape index (κ1) is 17.2. The van der Waals surface area contributed by atoms with Crippen molar-refractivity contribution in [1.82, 2.24) is 0 Å². The summed E-state index contributed by atoms with van der Waals surface area (Å²) in [4.78, 5) is 0. The van der Waals surface area contributed by atoms with Crippen LogP contribution in [0.2, 0.25) is 0 Å². The van der Waals surface area contributed by atoms with Crippen molar-refractivity contribution in [1.29, 1.82) is 0 Å². The van der Waals surface area contributed by atoms with E-state index in [1.54, 1.807) is 0 Å². The molecule has 0 saturated carbocycles. The van der Waals surface area contributed by atoms with Crippen molar-refractivity contribution in [3.63, 3.8) is 0 Å². The fourth-order valence-electron chi connectivity index (χ4n) is 3.10. The van der Waals surface area contributed by atoms with Crippen molar-refractivity contribution in [3.05, 3.63) is 47.5 Å². The van der Waals surface area contributed by atoms with Crippen molar-refractivity contribution < 1.29 is 18.6 Å². The lowest BCUT2D eigenvalue weighted by Crippen LogP contribution is -2.49. The summed E-state index contributed by atoms with van der Waals surface area (Å²) in [5, 5.41) is 0. The molecule has 0 N–H and O–H groups in total. The van der Waals surface area contributed by atoms with E-state index in [0.717, 1.165) is 23.0 Å². The van der Waals surface area contributed by atoms with Gasteiger partial charge < -0.3 is 18.6 Å². The number of hydrogen-bond acceptors (Lipinski definition) is 4. The van der Waals surface area contributed by atoms with Gasteiger partial charge in [-0.25, -0.2) is 0 Å². The van der Waals surface area contributed by atoms with Crippen molar-refractivity contribution in [3.8, 4) is 23.0 Å². The molecular formula is C20H24B2O4. The third kappa shape index (κ3) is 3.02. The molecule has 26 heavy (non-hydrogen) atoms. The molecule has 0 aromatic heterocycles. The number of fused-ring (bicyclic) bond motifs is 2. The second kappa shape index (κ2) is 5.63. The van der Waals surface area contributed by atoms with Crippen LogP contribution in [-0.2, 0) is 10.8 Å². The van der Waals surface area contributed by atoms with Crippen molar-refractivity contribution >= 4 is 14.0 Å². The molecule has 0 radical (unpaired) electrons.